The number of unbranched alkanes of at least 4 members (excludes halogenated alkanes) is 5. The highest BCUT2D eigenvalue weighted by atomic mass is 16.6. The van der Waals surface area contributed by atoms with Gasteiger partial charge in [-0.15, -0.1) is 0 Å². The zero-order valence-electron chi connectivity index (χ0n) is 12.0. The molecule has 0 aliphatic rings. The number of hydrazine groups is 1. The molecular formula is C12H27N3O4. The average molecular weight is 277 g/mol. The molecule has 0 aliphatic carbocycles. The van der Waals surface area contributed by atoms with Gasteiger partial charge >= 0.3 is 6.16 Å². The van der Waals surface area contributed by atoms with Crippen molar-refractivity contribution in [3.8, 4) is 0 Å². The Morgan fingerprint density at radius 2 is 1.63 bits per heavy atom. The molecule has 0 rings (SSSR count). The second kappa shape index (κ2) is 16.5. The van der Waals surface area contributed by atoms with Gasteiger partial charge in [-0.05, 0) is 18.0 Å². The van der Waals surface area contributed by atoms with Crippen molar-refractivity contribution in [2.75, 3.05) is 13.1 Å². The standard InChI is InChI=1S/C11H25N3O.CH2O3/c1-3-5-7-8-9-11-13-14(15)12-10-6-4-2;2-1(3)4/h3-11H2,1-2H3,(H,12,13);(H2,2,3,4). The van der Waals surface area contributed by atoms with Crippen LogP contribution in [0.1, 0.15) is 58.8 Å². The molecule has 114 valence electrons. The summed E-state index contributed by atoms with van der Waals surface area (Å²) in [5.41, 5.74) is 2.70. The number of carbonyl (C=O) groups is 1. The molecule has 0 unspecified atom stereocenters. The number of hydrogen-bond donors (Lipinski definition) is 3. The second-order valence-corrected chi connectivity index (χ2v) is 4.10. The summed E-state index contributed by atoms with van der Waals surface area (Å²) in [4.78, 5) is 9.18. The van der Waals surface area contributed by atoms with E-state index < -0.39 is 6.16 Å². The van der Waals surface area contributed by atoms with Gasteiger partial charge in [-0.2, -0.15) is 5.43 Å². The Labute approximate surface area is 114 Å². The number of nitrogens with zero attached hydrogens (tertiary/aromatic N) is 2. The molecule has 7 heteroatoms. The highest BCUT2D eigenvalue weighted by Gasteiger charge is 1.93. The van der Waals surface area contributed by atoms with Gasteiger partial charge in [0.2, 0.25) is 0 Å². The van der Waals surface area contributed by atoms with E-state index >= 15 is 0 Å². The first kappa shape index (κ1) is 19.8. The van der Waals surface area contributed by atoms with Crippen LogP contribution in [0.3, 0.4) is 0 Å². The maximum absolute atomic E-state index is 11.0. The van der Waals surface area contributed by atoms with Gasteiger partial charge in [0.25, 0.3) is 0 Å². The zero-order chi connectivity index (χ0) is 14.9. The molecule has 0 aromatic carbocycles. The quantitative estimate of drug-likeness (QED) is 0.245. The van der Waals surface area contributed by atoms with Crippen molar-refractivity contribution >= 4 is 6.16 Å². The van der Waals surface area contributed by atoms with Gasteiger partial charge in [0.05, 0.1) is 6.54 Å². The van der Waals surface area contributed by atoms with E-state index in [2.05, 4.69) is 24.4 Å². The number of hydrogen-bond acceptors (Lipinski definition) is 3. The third-order valence-corrected chi connectivity index (χ3v) is 2.27. The molecule has 0 aliphatic heterocycles. The smallest absolute Gasteiger partial charge is 0.503 e. The molecule has 3 N–H and O–H groups in total. The van der Waals surface area contributed by atoms with Crippen LogP contribution in [0.15, 0.2) is 5.11 Å². The Morgan fingerprint density at radius 3 is 2.16 bits per heavy atom. The van der Waals surface area contributed by atoms with Gasteiger partial charge in [-0.3, -0.25) is 0 Å². The van der Waals surface area contributed by atoms with Gasteiger partial charge in [0, 0.05) is 4.97 Å². The van der Waals surface area contributed by atoms with E-state index in [4.69, 9.17) is 15.0 Å². The normalized spacial score (nSPS) is 10.5. The van der Waals surface area contributed by atoms with Crippen molar-refractivity contribution in [2.45, 2.75) is 58.8 Å². The van der Waals surface area contributed by atoms with Crippen molar-refractivity contribution in [3.05, 3.63) is 5.21 Å². The molecule has 0 radical (unpaired) electrons. The fourth-order valence-corrected chi connectivity index (χ4v) is 1.28. The first-order chi connectivity index (χ1) is 9.04. The van der Waals surface area contributed by atoms with E-state index in [9.17, 15) is 5.21 Å². The fourth-order valence-electron chi connectivity index (χ4n) is 1.28. The summed E-state index contributed by atoms with van der Waals surface area (Å²) in [6.45, 7) is 5.66. The SMILES string of the molecule is CCCCCCC/N=[N+](\[O-])NCCCC.O=C(O)O. The lowest BCUT2D eigenvalue weighted by atomic mass is 10.2. The van der Waals surface area contributed by atoms with Crippen LogP contribution in [-0.2, 0) is 0 Å². The van der Waals surface area contributed by atoms with Crippen LogP contribution in [0.2, 0.25) is 0 Å². The summed E-state index contributed by atoms with van der Waals surface area (Å²) >= 11 is 0. The summed E-state index contributed by atoms with van der Waals surface area (Å²) in [5, 5.41) is 28.9. The average Bonchev–Trinajstić information content (AvgIpc) is 2.33. The van der Waals surface area contributed by atoms with Crippen molar-refractivity contribution < 1.29 is 20.0 Å². The Bertz CT molecular complexity index is 231. The van der Waals surface area contributed by atoms with E-state index in [0.29, 0.717) is 11.5 Å². The number of nitrogens with one attached hydrogen (secondary N) is 1. The van der Waals surface area contributed by atoms with Crippen LogP contribution in [-0.4, -0.2) is 34.4 Å². The van der Waals surface area contributed by atoms with Gasteiger partial charge in [-0.1, -0.05) is 46.0 Å². The van der Waals surface area contributed by atoms with Crippen LogP contribution in [0, 0.1) is 5.21 Å². The maximum Gasteiger partial charge on any atom is 0.503 e. The van der Waals surface area contributed by atoms with Gasteiger partial charge < -0.3 is 15.4 Å². The molecule has 0 aromatic rings. The van der Waals surface area contributed by atoms with Crippen LogP contribution < -0.4 is 5.43 Å². The van der Waals surface area contributed by atoms with Crippen LogP contribution in [0.4, 0.5) is 4.79 Å². The summed E-state index contributed by atoms with van der Waals surface area (Å²) in [6.07, 6.45) is 6.28. The Balaban J connectivity index is 0. The van der Waals surface area contributed by atoms with E-state index in [1.807, 2.05) is 0 Å². The van der Waals surface area contributed by atoms with Crippen molar-refractivity contribution in [1.29, 1.82) is 0 Å². The van der Waals surface area contributed by atoms with Crippen molar-refractivity contribution in [2.24, 2.45) is 5.11 Å². The van der Waals surface area contributed by atoms with Crippen molar-refractivity contribution in [1.82, 2.24) is 5.43 Å². The van der Waals surface area contributed by atoms with E-state index in [0.717, 1.165) is 25.8 Å². The molecule has 0 bridgehead atoms. The predicted molar refractivity (Wildman–Crippen MR) is 73.2 cm³/mol. The molecule has 0 spiro atoms. The summed E-state index contributed by atoms with van der Waals surface area (Å²) in [5.74, 6) is 0. The highest BCUT2D eigenvalue weighted by molar-refractivity contribution is 5.53. The lowest BCUT2D eigenvalue weighted by Crippen LogP contribution is -2.23. The highest BCUT2D eigenvalue weighted by Crippen LogP contribution is 2.01. The third-order valence-electron chi connectivity index (χ3n) is 2.27. The molecule has 0 amide bonds. The number of rotatable bonds is 10. The first-order valence-electron chi connectivity index (χ1n) is 6.84. The predicted octanol–water partition coefficient (Wildman–Crippen LogP) is 3.45. The van der Waals surface area contributed by atoms with E-state index in [1.165, 1.54) is 25.7 Å². The van der Waals surface area contributed by atoms with Gasteiger partial charge in [0.15, 0.2) is 0 Å². The Hall–Kier alpha value is -1.53. The fraction of sp³-hybridized carbons (Fsp3) is 0.917. The first-order valence-corrected chi connectivity index (χ1v) is 6.84. The minimum atomic E-state index is -1.83. The monoisotopic (exact) mass is 277 g/mol. The Morgan fingerprint density at radius 1 is 1.11 bits per heavy atom. The third kappa shape index (κ3) is 26.2. The zero-order valence-corrected chi connectivity index (χ0v) is 12.0. The summed E-state index contributed by atoms with van der Waals surface area (Å²) in [6, 6.07) is 0. The molecule has 0 aromatic heterocycles. The maximum atomic E-state index is 11.0. The minimum Gasteiger partial charge on any atom is -0.572 e. The molecule has 0 saturated carbocycles. The lowest BCUT2D eigenvalue weighted by Gasteiger charge is -2.01. The Kier molecular flexibility index (Phi) is 17.2. The van der Waals surface area contributed by atoms with Gasteiger partial charge in [0.1, 0.15) is 6.54 Å². The van der Waals surface area contributed by atoms with E-state index in [-0.39, 0.29) is 0 Å². The second-order valence-electron chi connectivity index (χ2n) is 4.10. The lowest BCUT2D eigenvalue weighted by molar-refractivity contribution is -0.590. The minimum absolute atomic E-state index is 0.621. The topological polar surface area (TPSA) is 108 Å². The van der Waals surface area contributed by atoms with Gasteiger partial charge in [-0.25, -0.2) is 4.79 Å². The molecular weight excluding hydrogens is 250 g/mol. The van der Waals surface area contributed by atoms with Crippen molar-refractivity contribution in [3.63, 3.8) is 0 Å². The molecule has 7 nitrogen and oxygen atoms in total. The molecule has 0 atom stereocenters. The summed E-state index contributed by atoms with van der Waals surface area (Å²) in [7, 11) is 0. The van der Waals surface area contributed by atoms with Crippen LogP contribution in [0.25, 0.3) is 0 Å². The van der Waals surface area contributed by atoms with E-state index in [1.54, 1.807) is 0 Å². The molecule has 0 saturated heterocycles. The van der Waals surface area contributed by atoms with Crippen LogP contribution >= 0.6 is 0 Å². The molecule has 0 fully saturated rings. The summed E-state index contributed by atoms with van der Waals surface area (Å²) < 4.78 is 0. The largest absolute Gasteiger partial charge is 0.572 e. The molecule has 19 heavy (non-hydrogen) atoms. The van der Waals surface area contributed by atoms with Crippen LogP contribution in [0.5, 0.6) is 0 Å². The number of carboxylic acid groups (broad SMARTS) is 2. The molecule has 0 heterocycles.